The number of aryl methyl sites for hydroxylation is 1. The molecule has 28 heavy (non-hydrogen) atoms. The van der Waals surface area contributed by atoms with Crippen LogP contribution in [0.4, 0.5) is 10.5 Å². The molecule has 0 spiro atoms. The van der Waals surface area contributed by atoms with Crippen molar-refractivity contribution in [2.75, 3.05) is 4.90 Å². The average molecular weight is 400 g/mol. The van der Waals surface area contributed by atoms with E-state index in [9.17, 15) is 13.2 Å². The van der Waals surface area contributed by atoms with Crippen molar-refractivity contribution in [3.05, 3.63) is 71.1 Å². The van der Waals surface area contributed by atoms with Crippen LogP contribution in [0, 0.1) is 6.92 Å². The first-order valence-corrected chi connectivity index (χ1v) is 10.7. The summed E-state index contributed by atoms with van der Waals surface area (Å²) in [6, 6.07) is 13.8. The zero-order valence-electron chi connectivity index (χ0n) is 16.5. The van der Waals surface area contributed by atoms with Crippen LogP contribution in [0.5, 0.6) is 0 Å². The number of carbonyl (C=O) groups is 1. The van der Waals surface area contributed by atoms with Gasteiger partial charge in [-0.3, -0.25) is 4.90 Å². The normalized spacial score (nSPS) is 17.0. The van der Waals surface area contributed by atoms with Gasteiger partial charge in [0.2, 0.25) is 0 Å². The van der Waals surface area contributed by atoms with Gasteiger partial charge in [-0.15, -0.1) is 0 Å². The Morgan fingerprint density at radius 3 is 2.39 bits per heavy atom. The van der Waals surface area contributed by atoms with Gasteiger partial charge in [-0.1, -0.05) is 35.9 Å². The lowest BCUT2D eigenvalue weighted by atomic mass is 10.1. The largest absolute Gasteiger partial charge is 0.443 e. The second-order valence-corrected chi connectivity index (χ2v) is 9.77. The summed E-state index contributed by atoms with van der Waals surface area (Å²) in [5.74, 6) is 0. The molecule has 0 saturated carbocycles. The van der Waals surface area contributed by atoms with Crippen molar-refractivity contribution in [1.82, 2.24) is 0 Å². The average Bonchev–Trinajstić information content (AvgIpc) is 2.97. The van der Waals surface area contributed by atoms with Crippen LogP contribution in [0.1, 0.15) is 31.9 Å². The molecule has 0 N–H and O–H groups in total. The zero-order chi connectivity index (χ0) is 20.5. The fourth-order valence-electron chi connectivity index (χ4n) is 3.11. The molecule has 0 saturated heterocycles. The molecule has 2 aromatic carbocycles. The molecule has 148 valence electrons. The van der Waals surface area contributed by atoms with Gasteiger partial charge in [0.15, 0.2) is 9.84 Å². The number of hydrogen-bond donors (Lipinski definition) is 0. The minimum atomic E-state index is -3.60. The fourth-order valence-corrected chi connectivity index (χ4v) is 4.17. The Morgan fingerprint density at radius 1 is 1.11 bits per heavy atom. The van der Waals surface area contributed by atoms with Gasteiger partial charge in [-0.25, -0.2) is 13.2 Å². The number of benzene rings is 2. The molecule has 0 bridgehead atoms. The second kappa shape index (κ2) is 7.43. The number of rotatable bonds is 3. The molecule has 0 fully saturated rings. The first-order chi connectivity index (χ1) is 13.1. The maximum Gasteiger partial charge on any atom is 0.415 e. The quantitative estimate of drug-likeness (QED) is 0.754. The maximum atomic E-state index is 12.8. The molecule has 1 aliphatic rings. The third-order valence-electron chi connectivity index (χ3n) is 4.43. The molecule has 1 atom stereocenters. The van der Waals surface area contributed by atoms with Crippen LogP contribution in [0.3, 0.4) is 0 Å². The fraction of sp³-hybridized carbons (Fsp3) is 0.318. The van der Waals surface area contributed by atoms with E-state index in [0.717, 1.165) is 16.8 Å². The van der Waals surface area contributed by atoms with Gasteiger partial charge in [0.05, 0.1) is 16.6 Å². The minimum absolute atomic E-state index is 0.230. The Kier molecular flexibility index (Phi) is 5.35. The van der Waals surface area contributed by atoms with Gasteiger partial charge >= 0.3 is 6.09 Å². The third-order valence-corrected chi connectivity index (χ3v) is 5.88. The minimum Gasteiger partial charge on any atom is -0.443 e. The van der Waals surface area contributed by atoms with Gasteiger partial charge in [-0.2, -0.15) is 0 Å². The lowest BCUT2D eigenvalue weighted by Gasteiger charge is -2.28. The van der Waals surface area contributed by atoms with Crippen molar-refractivity contribution in [2.24, 2.45) is 0 Å². The summed E-state index contributed by atoms with van der Waals surface area (Å²) in [6.45, 7) is 7.32. The van der Waals surface area contributed by atoms with E-state index in [1.807, 2.05) is 31.2 Å². The lowest BCUT2D eigenvalue weighted by molar-refractivity contribution is 0.0575. The second-order valence-electron chi connectivity index (χ2n) is 7.94. The number of nitrogens with zero attached hydrogens (tertiary/aromatic N) is 1. The number of para-hydroxylation sites is 1. The molecular formula is C22H25NO4S. The van der Waals surface area contributed by atoms with Crippen molar-refractivity contribution in [3.8, 4) is 0 Å². The Labute approximate surface area is 166 Å². The summed E-state index contributed by atoms with van der Waals surface area (Å²) in [4.78, 5) is 14.5. The van der Waals surface area contributed by atoms with Gasteiger partial charge in [0, 0.05) is 5.41 Å². The molecule has 2 aromatic rings. The molecule has 0 radical (unpaired) electrons. The van der Waals surface area contributed by atoms with Gasteiger partial charge in [0.1, 0.15) is 5.60 Å². The first kappa shape index (κ1) is 20.1. The number of anilines is 1. The number of ether oxygens (including phenoxy) is 1. The Morgan fingerprint density at radius 2 is 1.75 bits per heavy atom. The van der Waals surface area contributed by atoms with Crippen molar-refractivity contribution in [3.63, 3.8) is 0 Å². The van der Waals surface area contributed by atoms with Crippen molar-refractivity contribution in [1.29, 1.82) is 0 Å². The Balaban J connectivity index is 1.90. The van der Waals surface area contributed by atoms with Crippen molar-refractivity contribution in [2.45, 2.75) is 50.7 Å². The topological polar surface area (TPSA) is 63.7 Å². The summed E-state index contributed by atoms with van der Waals surface area (Å²) in [6.07, 6.45) is 1.62. The molecule has 1 amide bonds. The van der Waals surface area contributed by atoms with E-state index in [2.05, 4.69) is 0 Å². The molecule has 1 aliphatic heterocycles. The van der Waals surface area contributed by atoms with E-state index in [1.165, 1.54) is 10.3 Å². The number of amides is 1. The number of carbonyl (C=O) groups excluding carboxylic acids is 1. The van der Waals surface area contributed by atoms with Gasteiger partial charge in [-0.05, 0) is 64.0 Å². The van der Waals surface area contributed by atoms with Crippen LogP contribution in [0.25, 0.3) is 0 Å². The number of fused-ring (bicyclic) bond motifs is 1. The van der Waals surface area contributed by atoms with E-state index in [-0.39, 0.29) is 4.90 Å². The molecule has 6 heteroatoms. The van der Waals surface area contributed by atoms with Crippen LogP contribution >= 0.6 is 0 Å². The predicted molar refractivity (Wildman–Crippen MR) is 110 cm³/mol. The molecule has 1 unspecified atom stereocenters. The van der Waals surface area contributed by atoms with E-state index in [4.69, 9.17) is 4.74 Å². The highest BCUT2D eigenvalue weighted by molar-refractivity contribution is 7.94. The smallest absolute Gasteiger partial charge is 0.415 e. The van der Waals surface area contributed by atoms with E-state index < -0.39 is 27.6 Å². The number of hydrogen-bond acceptors (Lipinski definition) is 4. The van der Waals surface area contributed by atoms with Crippen molar-refractivity contribution >= 4 is 21.6 Å². The molecule has 1 heterocycles. The highest BCUT2D eigenvalue weighted by Gasteiger charge is 2.35. The molecule has 0 aliphatic carbocycles. The van der Waals surface area contributed by atoms with Crippen LogP contribution in [0.2, 0.25) is 0 Å². The third kappa shape index (κ3) is 4.44. The summed E-state index contributed by atoms with van der Waals surface area (Å²) < 4.78 is 30.9. The first-order valence-electron chi connectivity index (χ1n) is 9.17. The lowest BCUT2D eigenvalue weighted by Crippen LogP contribution is -2.40. The monoisotopic (exact) mass is 399 g/mol. The van der Waals surface area contributed by atoms with E-state index in [1.54, 1.807) is 51.1 Å². The number of sulfone groups is 1. The van der Waals surface area contributed by atoms with E-state index >= 15 is 0 Å². The van der Waals surface area contributed by atoms with Crippen LogP contribution in [-0.4, -0.2) is 26.2 Å². The maximum absolute atomic E-state index is 12.8. The highest BCUT2D eigenvalue weighted by atomic mass is 32.2. The standard InChI is InChI=1S/C22H25NO4S/c1-16-9-11-19(12-10-16)28(25,26)14-13-18-15-17-7-5-6-8-20(17)23(18)21(24)27-22(2,3)4/h5-14,18H,15H2,1-4H3/b14-13+. The summed E-state index contributed by atoms with van der Waals surface area (Å²) in [5, 5.41) is 1.19. The molecular weight excluding hydrogens is 374 g/mol. The van der Waals surface area contributed by atoms with Crippen LogP contribution in [0.15, 0.2) is 64.9 Å². The zero-order valence-corrected chi connectivity index (χ0v) is 17.4. The van der Waals surface area contributed by atoms with Gasteiger partial charge < -0.3 is 4.74 Å². The molecule has 0 aromatic heterocycles. The summed E-state index contributed by atoms with van der Waals surface area (Å²) in [5.41, 5.74) is 2.08. The summed E-state index contributed by atoms with van der Waals surface area (Å²) in [7, 11) is -3.60. The van der Waals surface area contributed by atoms with Gasteiger partial charge in [0.25, 0.3) is 0 Å². The van der Waals surface area contributed by atoms with Crippen LogP contribution in [-0.2, 0) is 21.0 Å². The summed E-state index contributed by atoms with van der Waals surface area (Å²) >= 11 is 0. The van der Waals surface area contributed by atoms with Crippen molar-refractivity contribution < 1.29 is 17.9 Å². The Hall–Kier alpha value is -2.60. The van der Waals surface area contributed by atoms with E-state index in [0.29, 0.717) is 6.42 Å². The Bertz CT molecular complexity index is 1000. The van der Waals surface area contributed by atoms with Crippen LogP contribution < -0.4 is 4.90 Å². The molecule has 5 nitrogen and oxygen atoms in total. The highest BCUT2D eigenvalue weighted by Crippen LogP contribution is 2.34. The predicted octanol–water partition coefficient (Wildman–Crippen LogP) is 4.65. The molecule has 3 rings (SSSR count). The SMILES string of the molecule is Cc1ccc(S(=O)(=O)/C=C/C2Cc3ccccc3N2C(=O)OC(C)(C)C)cc1.